The standard InChI is InChI=1S/C13H25N3O/c1-11-7-15(6-4-14-11)8-13-9-16-5-2-3-12(16)10-17-13/h11-14H,2-10H2,1H3. The van der Waals surface area contributed by atoms with Gasteiger partial charge >= 0.3 is 0 Å². The second-order valence-electron chi connectivity index (χ2n) is 5.86. The van der Waals surface area contributed by atoms with Crippen LogP contribution in [0.5, 0.6) is 0 Å². The van der Waals surface area contributed by atoms with Crippen LogP contribution in [0.4, 0.5) is 0 Å². The fraction of sp³-hybridized carbons (Fsp3) is 1.00. The minimum atomic E-state index is 0.439. The molecular weight excluding hydrogens is 214 g/mol. The SMILES string of the molecule is CC1CN(CC2CN3CCCC3CO2)CCN1. The van der Waals surface area contributed by atoms with Crippen LogP contribution < -0.4 is 5.32 Å². The summed E-state index contributed by atoms with van der Waals surface area (Å²) < 4.78 is 6.03. The Morgan fingerprint density at radius 2 is 2.24 bits per heavy atom. The van der Waals surface area contributed by atoms with Gasteiger partial charge in [0.25, 0.3) is 0 Å². The van der Waals surface area contributed by atoms with Crippen molar-refractivity contribution in [2.24, 2.45) is 0 Å². The number of fused-ring (bicyclic) bond motifs is 1. The van der Waals surface area contributed by atoms with Gasteiger partial charge in [0.15, 0.2) is 0 Å². The summed E-state index contributed by atoms with van der Waals surface area (Å²) in [4.78, 5) is 5.20. The summed E-state index contributed by atoms with van der Waals surface area (Å²) in [6, 6.07) is 1.36. The lowest BCUT2D eigenvalue weighted by atomic mass is 10.1. The van der Waals surface area contributed by atoms with Gasteiger partial charge in [0.2, 0.25) is 0 Å². The maximum Gasteiger partial charge on any atom is 0.0829 e. The first-order valence-corrected chi connectivity index (χ1v) is 7.12. The van der Waals surface area contributed by atoms with E-state index in [1.165, 1.54) is 32.5 Å². The summed E-state index contributed by atoms with van der Waals surface area (Å²) in [5.41, 5.74) is 0. The molecule has 3 unspecified atom stereocenters. The van der Waals surface area contributed by atoms with Crippen molar-refractivity contribution in [2.45, 2.75) is 38.0 Å². The minimum Gasteiger partial charge on any atom is -0.374 e. The van der Waals surface area contributed by atoms with Gasteiger partial charge < -0.3 is 10.1 Å². The van der Waals surface area contributed by atoms with Gasteiger partial charge in [-0.1, -0.05) is 0 Å². The number of piperazine rings is 1. The highest BCUT2D eigenvalue weighted by atomic mass is 16.5. The fourth-order valence-electron chi connectivity index (χ4n) is 3.46. The monoisotopic (exact) mass is 239 g/mol. The molecule has 0 bridgehead atoms. The number of hydrogen-bond acceptors (Lipinski definition) is 4. The van der Waals surface area contributed by atoms with E-state index in [1.54, 1.807) is 0 Å². The summed E-state index contributed by atoms with van der Waals surface area (Å²) in [7, 11) is 0. The molecule has 0 aromatic carbocycles. The van der Waals surface area contributed by atoms with E-state index >= 15 is 0 Å². The van der Waals surface area contributed by atoms with E-state index in [9.17, 15) is 0 Å². The first-order chi connectivity index (χ1) is 8.31. The van der Waals surface area contributed by atoms with Gasteiger partial charge in [-0.3, -0.25) is 9.80 Å². The van der Waals surface area contributed by atoms with Gasteiger partial charge in [0, 0.05) is 44.8 Å². The van der Waals surface area contributed by atoms with Crippen molar-refractivity contribution in [1.82, 2.24) is 15.1 Å². The van der Waals surface area contributed by atoms with Crippen LogP contribution in [0.1, 0.15) is 19.8 Å². The lowest BCUT2D eigenvalue weighted by molar-refractivity contribution is -0.0630. The van der Waals surface area contributed by atoms with E-state index in [4.69, 9.17) is 4.74 Å². The quantitative estimate of drug-likeness (QED) is 0.742. The zero-order valence-electron chi connectivity index (χ0n) is 10.9. The average Bonchev–Trinajstić information content (AvgIpc) is 2.76. The second kappa shape index (κ2) is 5.22. The van der Waals surface area contributed by atoms with Crippen LogP contribution in [0.25, 0.3) is 0 Å². The third-order valence-corrected chi connectivity index (χ3v) is 4.38. The molecule has 0 radical (unpaired) electrons. The van der Waals surface area contributed by atoms with Crippen molar-refractivity contribution in [1.29, 1.82) is 0 Å². The van der Waals surface area contributed by atoms with Crippen LogP contribution in [0.3, 0.4) is 0 Å². The Kier molecular flexibility index (Phi) is 3.66. The van der Waals surface area contributed by atoms with Gasteiger partial charge in [-0.05, 0) is 26.3 Å². The molecule has 0 saturated carbocycles. The number of ether oxygens (including phenoxy) is 1. The maximum absolute atomic E-state index is 6.03. The van der Waals surface area contributed by atoms with Crippen molar-refractivity contribution in [3.8, 4) is 0 Å². The Bertz CT molecular complexity index is 261. The predicted molar refractivity (Wildman–Crippen MR) is 68.2 cm³/mol. The van der Waals surface area contributed by atoms with E-state index in [0.717, 1.165) is 32.3 Å². The van der Waals surface area contributed by atoms with Crippen LogP contribution in [0.2, 0.25) is 0 Å². The van der Waals surface area contributed by atoms with Gasteiger partial charge in [0.1, 0.15) is 0 Å². The fourth-order valence-corrected chi connectivity index (χ4v) is 3.46. The van der Waals surface area contributed by atoms with Crippen LogP contribution in [-0.2, 0) is 4.74 Å². The molecule has 3 saturated heterocycles. The molecule has 1 N–H and O–H groups in total. The number of hydrogen-bond donors (Lipinski definition) is 1. The summed E-state index contributed by atoms with van der Waals surface area (Å²) in [5.74, 6) is 0. The summed E-state index contributed by atoms with van der Waals surface area (Å²) >= 11 is 0. The highest BCUT2D eigenvalue weighted by Gasteiger charge is 2.33. The predicted octanol–water partition coefficient (Wildman–Crippen LogP) is 0.143. The van der Waals surface area contributed by atoms with Crippen molar-refractivity contribution in [3.05, 3.63) is 0 Å². The molecule has 4 nitrogen and oxygen atoms in total. The lowest BCUT2D eigenvalue weighted by Crippen LogP contribution is -2.55. The van der Waals surface area contributed by atoms with Crippen LogP contribution in [0.15, 0.2) is 0 Å². The lowest BCUT2D eigenvalue weighted by Gasteiger charge is -2.39. The molecule has 3 heterocycles. The Labute approximate surface area is 104 Å². The summed E-state index contributed by atoms with van der Waals surface area (Å²) in [6.07, 6.45) is 3.15. The molecular formula is C13H25N3O. The Morgan fingerprint density at radius 3 is 3.12 bits per heavy atom. The Hall–Kier alpha value is -0.160. The Morgan fingerprint density at radius 1 is 1.29 bits per heavy atom. The molecule has 17 heavy (non-hydrogen) atoms. The molecule has 0 amide bonds. The molecule has 0 aliphatic carbocycles. The van der Waals surface area contributed by atoms with Gasteiger partial charge in [-0.25, -0.2) is 0 Å². The third-order valence-electron chi connectivity index (χ3n) is 4.38. The smallest absolute Gasteiger partial charge is 0.0829 e. The molecule has 3 fully saturated rings. The second-order valence-corrected chi connectivity index (χ2v) is 5.86. The topological polar surface area (TPSA) is 27.7 Å². The number of morpholine rings is 1. The van der Waals surface area contributed by atoms with Crippen LogP contribution in [0, 0.1) is 0 Å². The normalized spacial score (nSPS) is 40.4. The number of nitrogens with one attached hydrogen (secondary N) is 1. The summed E-state index contributed by atoms with van der Waals surface area (Å²) in [5, 5.41) is 3.49. The molecule has 0 aromatic rings. The Balaban J connectivity index is 1.48. The first kappa shape index (κ1) is 11.9. The minimum absolute atomic E-state index is 0.439. The number of nitrogens with zero attached hydrogens (tertiary/aromatic N) is 2. The zero-order valence-corrected chi connectivity index (χ0v) is 10.9. The highest BCUT2D eigenvalue weighted by Crippen LogP contribution is 2.23. The highest BCUT2D eigenvalue weighted by molar-refractivity contribution is 4.87. The molecule has 3 aliphatic heterocycles. The third kappa shape index (κ3) is 2.81. The van der Waals surface area contributed by atoms with E-state index in [-0.39, 0.29) is 0 Å². The van der Waals surface area contributed by atoms with E-state index in [0.29, 0.717) is 12.1 Å². The molecule has 0 spiro atoms. The van der Waals surface area contributed by atoms with Crippen molar-refractivity contribution < 1.29 is 4.74 Å². The van der Waals surface area contributed by atoms with Crippen molar-refractivity contribution >= 4 is 0 Å². The van der Waals surface area contributed by atoms with Crippen LogP contribution in [-0.4, -0.2) is 73.9 Å². The van der Waals surface area contributed by atoms with Gasteiger partial charge in [0.05, 0.1) is 12.7 Å². The molecule has 0 aromatic heterocycles. The molecule has 3 rings (SSSR count). The molecule has 3 atom stereocenters. The average molecular weight is 239 g/mol. The van der Waals surface area contributed by atoms with E-state index < -0.39 is 0 Å². The zero-order chi connectivity index (χ0) is 11.7. The largest absolute Gasteiger partial charge is 0.374 e. The maximum atomic E-state index is 6.03. The van der Waals surface area contributed by atoms with Gasteiger partial charge in [-0.15, -0.1) is 0 Å². The summed E-state index contributed by atoms with van der Waals surface area (Å²) in [6.45, 7) is 10.3. The molecule has 4 heteroatoms. The van der Waals surface area contributed by atoms with Gasteiger partial charge in [-0.2, -0.15) is 0 Å². The van der Waals surface area contributed by atoms with Crippen molar-refractivity contribution in [3.63, 3.8) is 0 Å². The van der Waals surface area contributed by atoms with E-state index in [2.05, 4.69) is 22.0 Å². The molecule has 3 aliphatic rings. The van der Waals surface area contributed by atoms with Crippen molar-refractivity contribution in [2.75, 3.05) is 45.9 Å². The molecule has 98 valence electrons. The van der Waals surface area contributed by atoms with Crippen LogP contribution >= 0.6 is 0 Å². The van der Waals surface area contributed by atoms with E-state index in [1.807, 2.05) is 0 Å². The first-order valence-electron chi connectivity index (χ1n) is 7.12. The number of rotatable bonds is 2.